The smallest absolute Gasteiger partial charge is 0.337 e. The Morgan fingerprint density at radius 1 is 0.615 bits per heavy atom. The number of nitrogens with zero attached hydrogens (tertiary/aromatic N) is 1. The molecule has 0 aromatic heterocycles. The van der Waals surface area contributed by atoms with Gasteiger partial charge in [-0.3, -0.25) is 0 Å². The monoisotopic (exact) mass is 698 g/mol. The Labute approximate surface area is 306 Å². The minimum Gasteiger partial charge on any atom is -0.479 e. The molecule has 5 aromatic carbocycles. The molecule has 5 aromatic rings. The molecule has 0 aliphatic heterocycles. The maximum Gasteiger partial charge on any atom is 0.337 e. The zero-order chi connectivity index (χ0) is 36.8. The fourth-order valence-electron chi connectivity index (χ4n) is 6.05. The predicted molar refractivity (Wildman–Crippen MR) is 202 cm³/mol. The summed E-state index contributed by atoms with van der Waals surface area (Å²) in [6, 6.07) is 45.1. The lowest BCUT2D eigenvalue weighted by Crippen LogP contribution is -2.61. The summed E-state index contributed by atoms with van der Waals surface area (Å²) < 4.78 is 11.8. The molecule has 0 heterocycles. The third kappa shape index (κ3) is 10.9. The minimum atomic E-state index is -1.71. The number of amides is 2. The number of urea groups is 1. The van der Waals surface area contributed by atoms with E-state index in [0.29, 0.717) is 0 Å². The van der Waals surface area contributed by atoms with Gasteiger partial charge in [0.05, 0.1) is 13.2 Å². The van der Waals surface area contributed by atoms with Crippen LogP contribution in [0.2, 0.25) is 0 Å². The molecule has 2 N–H and O–H groups in total. The number of ether oxygens (including phenoxy) is 2. The maximum atomic E-state index is 14.4. The van der Waals surface area contributed by atoms with Gasteiger partial charge in [-0.25, -0.2) is 14.4 Å². The zero-order valence-corrected chi connectivity index (χ0v) is 29.7. The Morgan fingerprint density at radius 2 is 1.08 bits per heavy atom. The molecule has 0 aliphatic rings. The molecule has 0 saturated carbocycles. The standard InChI is InChI=1S/C44H46N2O6/c1-33(2)29-46(30-40(51-31-36-17-9-4-10-18-36)41(47)52-32-37-19-11-5-12-20-37)43(50)45-44(42(48)49,27-34-15-7-3-8-16-34)28-35-23-25-39(26-24-35)38-21-13-6-14-22-38/h3-26,33,40H,27-32H2,1-2H3,(H,45,50)(H,48,49)/t40?,44-/m0/s1. The van der Waals surface area contributed by atoms with Crippen molar-refractivity contribution >= 4 is 18.0 Å². The van der Waals surface area contributed by atoms with E-state index in [-0.39, 0.29) is 45.1 Å². The average Bonchev–Trinajstić information content (AvgIpc) is 3.16. The summed E-state index contributed by atoms with van der Waals surface area (Å²) in [5.41, 5.74) is 3.52. The molecule has 8 heteroatoms. The van der Waals surface area contributed by atoms with E-state index in [2.05, 4.69) is 5.32 Å². The van der Waals surface area contributed by atoms with Crippen molar-refractivity contribution in [3.8, 4) is 11.1 Å². The number of carbonyl (C=O) groups excluding carboxylic acids is 2. The quantitative estimate of drug-likeness (QED) is 0.0956. The number of rotatable bonds is 17. The predicted octanol–water partition coefficient (Wildman–Crippen LogP) is 7.96. The Balaban J connectivity index is 1.42. The van der Waals surface area contributed by atoms with Crippen LogP contribution >= 0.6 is 0 Å². The summed E-state index contributed by atoms with van der Waals surface area (Å²) in [6.45, 7) is 4.18. The summed E-state index contributed by atoms with van der Waals surface area (Å²) >= 11 is 0. The topological polar surface area (TPSA) is 105 Å². The van der Waals surface area contributed by atoms with E-state index in [1.807, 2.05) is 159 Å². The lowest BCUT2D eigenvalue weighted by molar-refractivity contribution is -0.160. The molecular formula is C44H46N2O6. The average molecular weight is 699 g/mol. The van der Waals surface area contributed by atoms with E-state index in [0.717, 1.165) is 33.4 Å². The molecule has 0 saturated heterocycles. The van der Waals surface area contributed by atoms with Gasteiger partial charge in [-0.15, -0.1) is 0 Å². The van der Waals surface area contributed by atoms with E-state index >= 15 is 0 Å². The van der Waals surface area contributed by atoms with Crippen LogP contribution in [0.4, 0.5) is 4.79 Å². The van der Waals surface area contributed by atoms with Crippen molar-refractivity contribution in [3.63, 3.8) is 0 Å². The first-order chi connectivity index (χ1) is 25.2. The lowest BCUT2D eigenvalue weighted by Gasteiger charge is -2.35. The van der Waals surface area contributed by atoms with E-state index in [1.165, 1.54) is 4.90 Å². The molecule has 0 radical (unpaired) electrons. The highest BCUT2D eigenvalue weighted by Crippen LogP contribution is 2.25. The van der Waals surface area contributed by atoms with Crippen LogP contribution in [0.3, 0.4) is 0 Å². The van der Waals surface area contributed by atoms with Gasteiger partial charge in [0.25, 0.3) is 0 Å². The highest BCUT2D eigenvalue weighted by molar-refractivity contribution is 5.87. The highest BCUT2D eigenvalue weighted by atomic mass is 16.6. The van der Waals surface area contributed by atoms with Crippen molar-refractivity contribution in [2.24, 2.45) is 5.92 Å². The molecule has 268 valence electrons. The molecule has 5 rings (SSSR count). The van der Waals surface area contributed by atoms with Gasteiger partial charge < -0.3 is 24.8 Å². The summed E-state index contributed by atoms with van der Waals surface area (Å²) in [7, 11) is 0. The third-order valence-electron chi connectivity index (χ3n) is 8.71. The van der Waals surface area contributed by atoms with Crippen molar-refractivity contribution in [2.45, 2.75) is 51.5 Å². The number of benzene rings is 5. The second-order valence-corrected chi connectivity index (χ2v) is 13.4. The molecule has 0 fully saturated rings. The van der Waals surface area contributed by atoms with Gasteiger partial charge in [-0.2, -0.15) is 0 Å². The molecule has 0 bridgehead atoms. The Hall–Kier alpha value is -5.73. The Morgan fingerprint density at radius 3 is 1.60 bits per heavy atom. The molecule has 1 unspecified atom stereocenters. The molecular weight excluding hydrogens is 652 g/mol. The van der Waals surface area contributed by atoms with Crippen molar-refractivity contribution < 1.29 is 29.0 Å². The van der Waals surface area contributed by atoms with Crippen LogP contribution in [0, 0.1) is 5.92 Å². The number of aliphatic carboxylic acids is 1. The van der Waals surface area contributed by atoms with Gasteiger partial charge in [-0.1, -0.05) is 159 Å². The number of esters is 1. The number of nitrogens with one attached hydrogen (secondary N) is 1. The fourth-order valence-corrected chi connectivity index (χ4v) is 6.05. The minimum absolute atomic E-state index is 0.000236. The van der Waals surface area contributed by atoms with Gasteiger partial charge in [0.2, 0.25) is 0 Å². The van der Waals surface area contributed by atoms with E-state index in [9.17, 15) is 19.5 Å². The van der Waals surface area contributed by atoms with Crippen molar-refractivity contribution in [3.05, 3.63) is 168 Å². The van der Waals surface area contributed by atoms with Crippen LogP contribution in [0.25, 0.3) is 11.1 Å². The number of hydrogen-bond acceptors (Lipinski definition) is 5. The molecule has 0 spiro atoms. The number of carbonyl (C=O) groups is 3. The van der Waals surface area contributed by atoms with Crippen molar-refractivity contribution in [2.75, 3.05) is 13.1 Å². The fraction of sp³-hybridized carbons (Fsp3) is 0.250. The van der Waals surface area contributed by atoms with Crippen molar-refractivity contribution in [1.82, 2.24) is 10.2 Å². The number of carboxylic acids is 1. The molecule has 2 atom stereocenters. The Kier molecular flexibility index (Phi) is 13.3. The maximum absolute atomic E-state index is 14.4. The Bertz CT molecular complexity index is 1850. The number of hydrogen-bond donors (Lipinski definition) is 2. The normalized spacial score (nSPS) is 12.8. The first-order valence-corrected chi connectivity index (χ1v) is 17.6. The lowest BCUT2D eigenvalue weighted by atomic mass is 9.84. The van der Waals surface area contributed by atoms with Crippen LogP contribution in [0.1, 0.15) is 36.1 Å². The number of carboxylic acid groups (broad SMARTS) is 1. The van der Waals surface area contributed by atoms with Gasteiger partial charge in [0.1, 0.15) is 12.1 Å². The van der Waals surface area contributed by atoms with Crippen LogP contribution in [0.5, 0.6) is 0 Å². The van der Waals surface area contributed by atoms with E-state index in [4.69, 9.17) is 9.47 Å². The van der Waals surface area contributed by atoms with Crippen LogP contribution < -0.4 is 5.32 Å². The largest absolute Gasteiger partial charge is 0.479 e. The summed E-state index contributed by atoms with van der Waals surface area (Å²) in [4.78, 5) is 42.8. The molecule has 52 heavy (non-hydrogen) atoms. The van der Waals surface area contributed by atoms with Crippen molar-refractivity contribution in [1.29, 1.82) is 0 Å². The van der Waals surface area contributed by atoms with E-state index in [1.54, 1.807) is 0 Å². The summed E-state index contributed by atoms with van der Waals surface area (Å²) in [6.07, 6.45) is -1.06. The van der Waals surface area contributed by atoms with Gasteiger partial charge in [0, 0.05) is 19.4 Å². The second kappa shape index (κ2) is 18.5. The molecule has 2 amide bonds. The van der Waals surface area contributed by atoms with Crippen LogP contribution in [-0.2, 0) is 45.1 Å². The summed E-state index contributed by atoms with van der Waals surface area (Å²) in [5.74, 6) is -1.78. The van der Waals surface area contributed by atoms with Crippen LogP contribution in [-0.4, -0.2) is 52.7 Å². The second-order valence-electron chi connectivity index (χ2n) is 13.4. The van der Waals surface area contributed by atoms with Gasteiger partial charge in [-0.05, 0) is 39.3 Å². The SMILES string of the molecule is CC(C)CN(CC(OCc1ccccc1)C(=O)OCc1ccccc1)C(=O)N[C@@](Cc1ccccc1)(Cc1ccc(-c2ccccc2)cc1)C(=O)O. The molecule has 0 aliphatic carbocycles. The third-order valence-corrected chi connectivity index (χ3v) is 8.71. The van der Waals surface area contributed by atoms with E-state index < -0.39 is 29.6 Å². The van der Waals surface area contributed by atoms with Gasteiger partial charge in [0.15, 0.2) is 6.10 Å². The van der Waals surface area contributed by atoms with Gasteiger partial charge >= 0.3 is 18.0 Å². The highest BCUT2D eigenvalue weighted by Gasteiger charge is 2.42. The summed E-state index contributed by atoms with van der Waals surface area (Å²) in [5, 5.41) is 13.9. The first-order valence-electron chi connectivity index (χ1n) is 17.6. The van der Waals surface area contributed by atoms with Crippen LogP contribution in [0.15, 0.2) is 146 Å². The first kappa shape index (κ1) is 37.5. The zero-order valence-electron chi connectivity index (χ0n) is 29.7. The molecule has 8 nitrogen and oxygen atoms in total.